The Morgan fingerprint density at radius 2 is 1.59 bits per heavy atom. The second kappa shape index (κ2) is 13.2. The third kappa shape index (κ3) is 8.44. The standard InChI is InChI=1S/C30H34Cl2FN3O4S/c1-6-26(29(38)34-30(3,4)5)35(18-21-9-12-23(33)13-10-21)28(37)19-36(27-17-22(31)11-16-25(27)32)41(39,40)24-14-7-20(2)8-15-24/h7-17,26H,6,18-19H2,1-5H3,(H,34,38)/t26-/m0/s1. The van der Waals surface area contributed by atoms with Crippen LogP contribution >= 0.6 is 23.2 Å². The minimum Gasteiger partial charge on any atom is -0.350 e. The summed E-state index contributed by atoms with van der Waals surface area (Å²) in [6, 6.07) is 15.1. The largest absolute Gasteiger partial charge is 0.350 e. The maximum atomic E-state index is 14.1. The van der Waals surface area contributed by atoms with Gasteiger partial charge in [0.2, 0.25) is 11.8 Å². The molecule has 3 aromatic carbocycles. The van der Waals surface area contributed by atoms with Crippen molar-refractivity contribution in [3.05, 3.63) is 93.7 Å². The van der Waals surface area contributed by atoms with Crippen LogP contribution in [0.5, 0.6) is 0 Å². The number of hydrogen-bond acceptors (Lipinski definition) is 4. The molecule has 1 atom stereocenters. The number of hydrogen-bond donors (Lipinski definition) is 1. The summed E-state index contributed by atoms with van der Waals surface area (Å²) in [7, 11) is -4.31. The van der Waals surface area contributed by atoms with E-state index in [2.05, 4.69) is 5.32 Å². The molecule has 0 unspecified atom stereocenters. The van der Waals surface area contributed by atoms with Gasteiger partial charge in [-0.3, -0.25) is 13.9 Å². The van der Waals surface area contributed by atoms with Crippen LogP contribution in [0.3, 0.4) is 0 Å². The van der Waals surface area contributed by atoms with E-state index >= 15 is 0 Å². The van der Waals surface area contributed by atoms with E-state index in [4.69, 9.17) is 23.2 Å². The van der Waals surface area contributed by atoms with Crippen LogP contribution in [0.25, 0.3) is 0 Å². The molecular formula is C30H34Cl2FN3O4S. The fourth-order valence-electron chi connectivity index (χ4n) is 4.19. The Labute approximate surface area is 251 Å². The molecule has 2 amide bonds. The predicted octanol–water partition coefficient (Wildman–Crippen LogP) is 6.36. The summed E-state index contributed by atoms with van der Waals surface area (Å²) >= 11 is 12.7. The van der Waals surface area contributed by atoms with E-state index < -0.39 is 45.8 Å². The Morgan fingerprint density at radius 3 is 2.15 bits per heavy atom. The topological polar surface area (TPSA) is 86.8 Å². The van der Waals surface area contributed by atoms with Crippen LogP contribution in [-0.2, 0) is 26.2 Å². The summed E-state index contributed by atoms with van der Waals surface area (Å²) in [4.78, 5) is 28.7. The zero-order chi connectivity index (χ0) is 30.5. The SMILES string of the molecule is CC[C@@H](C(=O)NC(C)(C)C)N(Cc1ccc(F)cc1)C(=O)CN(c1cc(Cl)ccc1Cl)S(=O)(=O)c1ccc(C)cc1. The predicted molar refractivity (Wildman–Crippen MR) is 161 cm³/mol. The van der Waals surface area contributed by atoms with Gasteiger partial charge in [-0.15, -0.1) is 0 Å². The van der Waals surface area contributed by atoms with Crippen molar-refractivity contribution in [1.29, 1.82) is 0 Å². The van der Waals surface area contributed by atoms with Gasteiger partial charge in [0.1, 0.15) is 18.4 Å². The molecule has 0 saturated carbocycles. The minimum atomic E-state index is -4.31. The molecule has 0 aliphatic rings. The Morgan fingerprint density at radius 1 is 0.976 bits per heavy atom. The third-order valence-electron chi connectivity index (χ3n) is 6.22. The average Bonchev–Trinajstić information content (AvgIpc) is 2.89. The number of amides is 2. The Balaban J connectivity index is 2.11. The van der Waals surface area contributed by atoms with Crippen LogP contribution < -0.4 is 9.62 Å². The van der Waals surface area contributed by atoms with Gasteiger partial charge in [0, 0.05) is 17.1 Å². The van der Waals surface area contributed by atoms with Crippen LogP contribution in [0.1, 0.15) is 45.2 Å². The van der Waals surface area contributed by atoms with Gasteiger partial charge >= 0.3 is 0 Å². The molecule has 11 heteroatoms. The normalized spacial score (nSPS) is 12.5. The fourth-order valence-corrected chi connectivity index (χ4v) is 6.05. The lowest BCUT2D eigenvalue weighted by Crippen LogP contribution is -2.55. The van der Waals surface area contributed by atoms with Gasteiger partial charge in [0.05, 0.1) is 15.6 Å². The highest BCUT2D eigenvalue weighted by Crippen LogP contribution is 2.33. The van der Waals surface area contributed by atoms with Crippen molar-refractivity contribution in [3.63, 3.8) is 0 Å². The Bertz CT molecular complexity index is 1490. The summed E-state index contributed by atoms with van der Waals surface area (Å²) in [6.07, 6.45) is 0.248. The van der Waals surface area contributed by atoms with E-state index in [1.807, 2.05) is 27.7 Å². The van der Waals surface area contributed by atoms with Gasteiger partial charge in [-0.05, 0) is 82.1 Å². The van der Waals surface area contributed by atoms with Crippen LogP contribution in [0.4, 0.5) is 10.1 Å². The van der Waals surface area contributed by atoms with Crippen molar-refractivity contribution in [3.8, 4) is 0 Å². The number of rotatable bonds is 10. The van der Waals surface area contributed by atoms with E-state index in [0.717, 1.165) is 9.87 Å². The molecule has 0 saturated heterocycles. The molecule has 0 fully saturated rings. The van der Waals surface area contributed by atoms with Crippen LogP contribution in [0.2, 0.25) is 10.0 Å². The van der Waals surface area contributed by atoms with Crippen molar-refractivity contribution in [1.82, 2.24) is 10.2 Å². The second-order valence-electron chi connectivity index (χ2n) is 10.7. The average molecular weight is 623 g/mol. The minimum absolute atomic E-state index is 0.0158. The number of aryl methyl sites for hydroxylation is 1. The van der Waals surface area contributed by atoms with Gasteiger partial charge in [-0.25, -0.2) is 12.8 Å². The first-order valence-corrected chi connectivity index (χ1v) is 15.2. The van der Waals surface area contributed by atoms with E-state index in [-0.39, 0.29) is 33.6 Å². The second-order valence-corrected chi connectivity index (χ2v) is 13.4. The molecule has 1 N–H and O–H groups in total. The number of nitrogens with one attached hydrogen (secondary N) is 1. The summed E-state index contributed by atoms with van der Waals surface area (Å²) in [5.74, 6) is -1.50. The van der Waals surface area contributed by atoms with Crippen molar-refractivity contribution in [2.75, 3.05) is 10.8 Å². The number of benzene rings is 3. The van der Waals surface area contributed by atoms with Crippen LogP contribution in [0.15, 0.2) is 71.6 Å². The van der Waals surface area contributed by atoms with Gasteiger partial charge in [-0.2, -0.15) is 0 Å². The first-order chi connectivity index (χ1) is 19.1. The van der Waals surface area contributed by atoms with E-state index in [1.165, 1.54) is 59.5 Å². The Kier molecular flexibility index (Phi) is 10.4. The maximum Gasteiger partial charge on any atom is 0.264 e. The van der Waals surface area contributed by atoms with Crippen LogP contribution in [-0.4, -0.2) is 43.3 Å². The lowest BCUT2D eigenvalue weighted by molar-refractivity contribution is -0.141. The van der Waals surface area contributed by atoms with Crippen molar-refractivity contribution >= 4 is 50.7 Å². The Hall–Kier alpha value is -3.14. The van der Waals surface area contributed by atoms with Crippen LogP contribution in [0, 0.1) is 12.7 Å². The molecule has 220 valence electrons. The molecular weight excluding hydrogens is 588 g/mol. The molecule has 0 aliphatic heterocycles. The number of carbonyl (C=O) groups is 2. The van der Waals surface area contributed by atoms with Gasteiger partial charge in [0.25, 0.3) is 10.0 Å². The highest BCUT2D eigenvalue weighted by atomic mass is 35.5. The first kappa shape index (κ1) is 32.4. The number of nitrogens with zero attached hydrogens (tertiary/aromatic N) is 2. The molecule has 0 aromatic heterocycles. The van der Waals surface area contributed by atoms with Crippen molar-refractivity contribution in [2.24, 2.45) is 0 Å². The van der Waals surface area contributed by atoms with Crippen molar-refractivity contribution in [2.45, 2.75) is 64.1 Å². The van der Waals surface area contributed by atoms with Gasteiger partial charge < -0.3 is 10.2 Å². The summed E-state index contributed by atoms with van der Waals surface area (Å²) in [6.45, 7) is 8.31. The number of sulfonamides is 1. The summed E-state index contributed by atoms with van der Waals surface area (Å²) < 4.78 is 42.4. The van der Waals surface area contributed by atoms with Gasteiger partial charge in [-0.1, -0.05) is 60.0 Å². The molecule has 0 bridgehead atoms. The summed E-state index contributed by atoms with van der Waals surface area (Å²) in [5.41, 5.74) is 0.857. The molecule has 0 aliphatic carbocycles. The fraction of sp³-hybridized carbons (Fsp3) is 0.333. The monoisotopic (exact) mass is 621 g/mol. The van der Waals surface area contributed by atoms with E-state index in [9.17, 15) is 22.4 Å². The maximum absolute atomic E-state index is 14.1. The lowest BCUT2D eigenvalue weighted by Gasteiger charge is -2.35. The highest BCUT2D eigenvalue weighted by Gasteiger charge is 2.35. The van der Waals surface area contributed by atoms with E-state index in [0.29, 0.717) is 5.56 Å². The number of anilines is 1. The third-order valence-corrected chi connectivity index (χ3v) is 8.54. The molecule has 0 spiro atoms. The molecule has 7 nitrogen and oxygen atoms in total. The summed E-state index contributed by atoms with van der Waals surface area (Å²) in [5, 5.41) is 3.19. The molecule has 0 heterocycles. The van der Waals surface area contributed by atoms with E-state index in [1.54, 1.807) is 19.1 Å². The molecule has 41 heavy (non-hydrogen) atoms. The molecule has 0 radical (unpaired) electrons. The number of halogens is 3. The quantitative estimate of drug-likeness (QED) is 0.285. The zero-order valence-electron chi connectivity index (χ0n) is 23.6. The molecule has 3 aromatic rings. The molecule has 3 rings (SSSR count). The lowest BCUT2D eigenvalue weighted by atomic mass is 10.1. The van der Waals surface area contributed by atoms with Gasteiger partial charge in [0.15, 0.2) is 0 Å². The first-order valence-electron chi connectivity index (χ1n) is 13.0. The zero-order valence-corrected chi connectivity index (χ0v) is 25.9. The number of carbonyl (C=O) groups excluding carboxylic acids is 2. The highest BCUT2D eigenvalue weighted by molar-refractivity contribution is 7.92. The smallest absolute Gasteiger partial charge is 0.264 e. The van der Waals surface area contributed by atoms with Crippen molar-refractivity contribution < 1.29 is 22.4 Å².